The molecule has 1 unspecified atom stereocenters. The first-order chi connectivity index (χ1) is 7.56. The van der Waals surface area contributed by atoms with E-state index in [0.29, 0.717) is 18.0 Å². The van der Waals surface area contributed by atoms with E-state index in [1.807, 2.05) is 25.1 Å². The lowest BCUT2D eigenvalue weighted by atomic mass is 10.0. The molecule has 86 valence electrons. The van der Waals surface area contributed by atoms with E-state index in [4.69, 9.17) is 11.0 Å². The van der Waals surface area contributed by atoms with Gasteiger partial charge in [-0.1, -0.05) is 26.0 Å². The predicted molar refractivity (Wildman–Crippen MR) is 67.2 cm³/mol. The molecule has 0 amide bonds. The smallest absolute Gasteiger partial charge is 0.101 e. The minimum atomic E-state index is 0.103. The number of para-hydroxylation sites is 1. The Morgan fingerprint density at radius 2 is 2.12 bits per heavy atom. The highest BCUT2D eigenvalue weighted by Gasteiger charge is 2.09. The van der Waals surface area contributed by atoms with Crippen LogP contribution in [0.25, 0.3) is 0 Å². The molecule has 0 heterocycles. The van der Waals surface area contributed by atoms with Gasteiger partial charge in [-0.3, -0.25) is 0 Å². The number of anilines is 1. The Morgan fingerprint density at radius 3 is 2.69 bits per heavy atom. The van der Waals surface area contributed by atoms with Crippen molar-refractivity contribution in [1.82, 2.24) is 0 Å². The fraction of sp³-hybridized carbons (Fsp3) is 0.462. The van der Waals surface area contributed by atoms with E-state index >= 15 is 0 Å². The molecule has 0 saturated heterocycles. The minimum absolute atomic E-state index is 0.103. The van der Waals surface area contributed by atoms with Crippen molar-refractivity contribution in [3.8, 4) is 6.07 Å². The highest BCUT2D eigenvalue weighted by molar-refractivity contribution is 5.62. The lowest BCUT2D eigenvalue weighted by Gasteiger charge is -2.18. The number of nitrogens with zero attached hydrogens (tertiary/aromatic N) is 1. The highest BCUT2D eigenvalue weighted by atomic mass is 14.9. The van der Waals surface area contributed by atoms with Crippen LogP contribution in [0.4, 0.5) is 5.69 Å². The zero-order valence-corrected chi connectivity index (χ0v) is 10.1. The van der Waals surface area contributed by atoms with Gasteiger partial charge in [-0.15, -0.1) is 0 Å². The summed E-state index contributed by atoms with van der Waals surface area (Å²) in [5.41, 5.74) is 8.62. The van der Waals surface area contributed by atoms with E-state index in [-0.39, 0.29) is 6.04 Å². The molecule has 1 rings (SSSR count). The molecular weight excluding hydrogens is 198 g/mol. The summed E-state index contributed by atoms with van der Waals surface area (Å²) in [6.45, 7) is 6.87. The number of nitrogens with one attached hydrogen (secondary N) is 1. The number of benzene rings is 1. The molecule has 0 aliphatic carbocycles. The van der Waals surface area contributed by atoms with Crippen LogP contribution in [0.15, 0.2) is 18.2 Å². The maximum atomic E-state index is 9.00. The molecule has 0 radical (unpaired) electrons. The van der Waals surface area contributed by atoms with Crippen molar-refractivity contribution >= 4 is 5.69 Å². The fourth-order valence-corrected chi connectivity index (χ4v) is 1.45. The Kier molecular flexibility index (Phi) is 4.33. The summed E-state index contributed by atoms with van der Waals surface area (Å²) in [6.07, 6.45) is 0. The van der Waals surface area contributed by atoms with Crippen LogP contribution in [0.1, 0.15) is 25.0 Å². The van der Waals surface area contributed by atoms with Gasteiger partial charge in [0.05, 0.1) is 11.3 Å². The first-order valence-electron chi connectivity index (χ1n) is 5.55. The maximum absolute atomic E-state index is 9.00. The van der Waals surface area contributed by atoms with Crippen LogP contribution >= 0.6 is 0 Å². The quantitative estimate of drug-likeness (QED) is 0.813. The Balaban J connectivity index is 2.78. The lowest BCUT2D eigenvalue weighted by Crippen LogP contribution is -2.34. The molecule has 1 atom stereocenters. The first kappa shape index (κ1) is 12.5. The van der Waals surface area contributed by atoms with E-state index in [1.54, 1.807) is 0 Å². The largest absolute Gasteiger partial charge is 0.382 e. The van der Waals surface area contributed by atoms with Crippen molar-refractivity contribution < 1.29 is 0 Å². The van der Waals surface area contributed by atoms with E-state index in [1.165, 1.54) is 0 Å². The Labute approximate surface area is 97.3 Å². The summed E-state index contributed by atoms with van der Waals surface area (Å²) in [5, 5.41) is 12.3. The van der Waals surface area contributed by atoms with Crippen molar-refractivity contribution in [2.24, 2.45) is 11.7 Å². The van der Waals surface area contributed by atoms with Gasteiger partial charge in [0.2, 0.25) is 0 Å². The Morgan fingerprint density at radius 1 is 1.44 bits per heavy atom. The summed E-state index contributed by atoms with van der Waals surface area (Å²) in [5.74, 6) is 0.432. The normalized spacial score (nSPS) is 12.2. The molecular formula is C13H19N3. The molecule has 3 heteroatoms. The summed E-state index contributed by atoms with van der Waals surface area (Å²) >= 11 is 0. The first-order valence-corrected chi connectivity index (χ1v) is 5.55. The van der Waals surface area contributed by atoms with Crippen LogP contribution in [0.3, 0.4) is 0 Å². The molecule has 0 aromatic heterocycles. The maximum Gasteiger partial charge on any atom is 0.101 e. The third kappa shape index (κ3) is 2.98. The highest BCUT2D eigenvalue weighted by Crippen LogP contribution is 2.19. The number of rotatable bonds is 4. The summed E-state index contributed by atoms with van der Waals surface area (Å²) in [6, 6.07) is 7.99. The van der Waals surface area contributed by atoms with Crippen molar-refractivity contribution in [2.75, 3.05) is 11.9 Å². The SMILES string of the molecule is Cc1cccc(C#N)c1NCC(N)C(C)C. The molecule has 0 saturated carbocycles. The van der Waals surface area contributed by atoms with Crippen molar-refractivity contribution in [1.29, 1.82) is 5.26 Å². The zero-order valence-electron chi connectivity index (χ0n) is 10.1. The molecule has 0 bridgehead atoms. The van der Waals surface area contributed by atoms with Gasteiger partial charge in [-0.2, -0.15) is 5.26 Å². The van der Waals surface area contributed by atoms with Crippen molar-refractivity contribution in [3.63, 3.8) is 0 Å². The van der Waals surface area contributed by atoms with E-state index in [0.717, 1.165) is 11.3 Å². The van der Waals surface area contributed by atoms with E-state index in [9.17, 15) is 0 Å². The van der Waals surface area contributed by atoms with E-state index < -0.39 is 0 Å². The van der Waals surface area contributed by atoms with Crippen LogP contribution in [0.5, 0.6) is 0 Å². The summed E-state index contributed by atoms with van der Waals surface area (Å²) in [4.78, 5) is 0. The Hall–Kier alpha value is -1.53. The Bertz CT molecular complexity index is 391. The van der Waals surface area contributed by atoms with Crippen LogP contribution in [0, 0.1) is 24.2 Å². The van der Waals surface area contributed by atoms with Gasteiger partial charge in [-0.05, 0) is 24.5 Å². The number of hydrogen-bond donors (Lipinski definition) is 2. The van der Waals surface area contributed by atoms with Crippen molar-refractivity contribution in [2.45, 2.75) is 26.8 Å². The second-order valence-electron chi connectivity index (χ2n) is 4.40. The second-order valence-corrected chi connectivity index (χ2v) is 4.40. The van der Waals surface area contributed by atoms with Gasteiger partial charge in [0.15, 0.2) is 0 Å². The molecule has 16 heavy (non-hydrogen) atoms. The van der Waals surface area contributed by atoms with Gasteiger partial charge in [0.25, 0.3) is 0 Å². The molecule has 1 aromatic carbocycles. The van der Waals surface area contributed by atoms with Gasteiger partial charge in [0.1, 0.15) is 6.07 Å². The molecule has 0 aliphatic rings. The number of aryl methyl sites for hydroxylation is 1. The summed E-state index contributed by atoms with van der Waals surface area (Å²) in [7, 11) is 0. The number of hydrogen-bond acceptors (Lipinski definition) is 3. The second kappa shape index (κ2) is 5.53. The monoisotopic (exact) mass is 217 g/mol. The van der Waals surface area contributed by atoms with Gasteiger partial charge >= 0.3 is 0 Å². The van der Waals surface area contributed by atoms with Gasteiger partial charge in [-0.25, -0.2) is 0 Å². The fourth-order valence-electron chi connectivity index (χ4n) is 1.45. The van der Waals surface area contributed by atoms with Crippen molar-refractivity contribution in [3.05, 3.63) is 29.3 Å². The third-order valence-corrected chi connectivity index (χ3v) is 2.76. The van der Waals surface area contributed by atoms with Crippen LogP contribution < -0.4 is 11.1 Å². The standard InChI is InChI=1S/C13H19N3/c1-9(2)12(15)8-16-13-10(3)5-4-6-11(13)7-14/h4-6,9,12,16H,8,15H2,1-3H3. The average Bonchev–Trinajstić information content (AvgIpc) is 2.26. The van der Waals surface area contributed by atoms with E-state index in [2.05, 4.69) is 25.2 Å². The molecule has 3 N–H and O–H groups in total. The molecule has 0 spiro atoms. The van der Waals surface area contributed by atoms with Crippen LogP contribution in [0.2, 0.25) is 0 Å². The van der Waals surface area contributed by atoms with Gasteiger partial charge < -0.3 is 11.1 Å². The van der Waals surface area contributed by atoms with Crippen LogP contribution in [-0.2, 0) is 0 Å². The van der Waals surface area contributed by atoms with Gasteiger partial charge in [0, 0.05) is 12.6 Å². The summed E-state index contributed by atoms with van der Waals surface area (Å²) < 4.78 is 0. The lowest BCUT2D eigenvalue weighted by molar-refractivity contribution is 0.511. The number of nitrogens with two attached hydrogens (primary N) is 1. The van der Waals surface area contributed by atoms with Crippen LogP contribution in [-0.4, -0.2) is 12.6 Å². The average molecular weight is 217 g/mol. The molecule has 3 nitrogen and oxygen atoms in total. The third-order valence-electron chi connectivity index (χ3n) is 2.76. The minimum Gasteiger partial charge on any atom is -0.382 e. The predicted octanol–water partition coefficient (Wildman–Crippen LogP) is 2.26. The zero-order chi connectivity index (χ0) is 12.1. The molecule has 0 fully saturated rings. The molecule has 0 aliphatic heterocycles. The number of nitriles is 1. The topological polar surface area (TPSA) is 61.8 Å². The molecule has 1 aromatic rings.